The summed E-state index contributed by atoms with van der Waals surface area (Å²) < 4.78 is 0. The van der Waals surface area contributed by atoms with Crippen molar-refractivity contribution in [2.24, 2.45) is 11.8 Å². The van der Waals surface area contributed by atoms with E-state index in [0.29, 0.717) is 18.3 Å². The molecular weight excluding hydrogens is 328 g/mol. The Hall–Kier alpha value is -2.62. The fraction of sp³-hybridized carbons (Fsp3) is 0.364. The molecule has 0 amide bonds. The second-order valence-corrected chi connectivity index (χ2v) is 7.91. The molecule has 0 bridgehead atoms. The summed E-state index contributed by atoms with van der Waals surface area (Å²) in [6.07, 6.45) is 4.64. The summed E-state index contributed by atoms with van der Waals surface area (Å²) in [5.41, 5.74) is 4.90. The molecule has 2 aliphatic carbocycles. The topological polar surface area (TPSA) is 80.9 Å². The van der Waals surface area contributed by atoms with E-state index in [9.17, 15) is 20.4 Å². The van der Waals surface area contributed by atoms with Crippen molar-refractivity contribution in [2.75, 3.05) is 0 Å². The van der Waals surface area contributed by atoms with Crippen LogP contribution in [-0.4, -0.2) is 20.4 Å². The first-order chi connectivity index (χ1) is 12.4. The second-order valence-electron chi connectivity index (χ2n) is 7.91. The largest absolute Gasteiger partial charge is 0.504 e. The van der Waals surface area contributed by atoms with Gasteiger partial charge < -0.3 is 20.4 Å². The zero-order valence-electron chi connectivity index (χ0n) is 15.0. The third kappa shape index (κ3) is 2.52. The lowest BCUT2D eigenvalue weighted by atomic mass is 9.65. The summed E-state index contributed by atoms with van der Waals surface area (Å²) in [5, 5.41) is 40.1. The maximum absolute atomic E-state index is 10.3. The molecule has 0 saturated carbocycles. The fourth-order valence-electron chi connectivity index (χ4n) is 4.64. The van der Waals surface area contributed by atoms with Gasteiger partial charge >= 0.3 is 0 Å². The Morgan fingerprint density at radius 1 is 1.00 bits per heavy atom. The molecule has 4 heteroatoms. The molecule has 0 radical (unpaired) electrons. The van der Waals surface area contributed by atoms with Gasteiger partial charge in [-0.05, 0) is 77.5 Å². The predicted molar refractivity (Wildman–Crippen MR) is 101 cm³/mol. The van der Waals surface area contributed by atoms with Crippen LogP contribution in [0.25, 0.3) is 11.6 Å². The Morgan fingerprint density at radius 2 is 1.73 bits per heavy atom. The van der Waals surface area contributed by atoms with Crippen molar-refractivity contribution in [1.82, 2.24) is 0 Å². The first-order valence-electron chi connectivity index (χ1n) is 9.18. The average Bonchev–Trinajstić information content (AvgIpc) is 2.59. The summed E-state index contributed by atoms with van der Waals surface area (Å²) in [6, 6.07) is 6.74. The quantitative estimate of drug-likeness (QED) is 0.588. The zero-order chi connectivity index (χ0) is 18.6. The number of aromatic hydroxyl groups is 4. The smallest absolute Gasteiger partial charge is 0.161 e. The molecule has 4 rings (SSSR count). The van der Waals surface area contributed by atoms with Gasteiger partial charge in [0.25, 0.3) is 0 Å². The number of allylic oxidation sites excluding steroid dienone is 1. The molecule has 0 heterocycles. The van der Waals surface area contributed by atoms with Crippen LogP contribution in [0.5, 0.6) is 23.0 Å². The van der Waals surface area contributed by atoms with Crippen molar-refractivity contribution in [3.05, 3.63) is 46.5 Å². The Balaban J connectivity index is 1.92. The van der Waals surface area contributed by atoms with E-state index in [1.165, 1.54) is 0 Å². The van der Waals surface area contributed by atoms with Crippen molar-refractivity contribution in [3.63, 3.8) is 0 Å². The van der Waals surface area contributed by atoms with Crippen LogP contribution in [-0.2, 0) is 6.42 Å². The lowest BCUT2D eigenvalue weighted by Gasteiger charge is -2.39. The number of phenols is 4. The van der Waals surface area contributed by atoms with E-state index < -0.39 is 0 Å². The maximum atomic E-state index is 10.3. The molecule has 0 spiro atoms. The van der Waals surface area contributed by atoms with Gasteiger partial charge in [0.1, 0.15) is 0 Å². The highest BCUT2D eigenvalue weighted by atomic mass is 16.3. The van der Waals surface area contributed by atoms with Crippen LogP contribution >= 0.6 is 0 Å². The number of hydrogen-bond acceptors (Lipinski definition) is 4. The standard InChI is InChI=1S/C22H24O4/c1-11(2)7-17-14-3-4-15-13(5-6-19(23)22(15)26)18(14)8-12-9-20(24)21(25)10-16(12)17/h5-6,8-11,14,17,23-26H,3-4,7H2,1-2H3/t14-,17+/m0/s1. The summed E-state index contributed by atoms with van der Waals surface area (Å²) in [6.45, 7) is 4.39. The van der Waals surface area contributed by atoms with Crippen molar-refractivity contribution < 1.29 is 20.4 Å². The van der Waals surface area contributed by atoms with Gasteiger partial charge in [-0.2, -0.15) is 0 Å². The fourth-order valence-corrected chi connectivity index (χ4v) is 4.64. The zero-order valence-corrected chi connectivity index (χ0v) is 15.0. The van der Waals surface area contributed by atoms with Gasteiger partial charge in [-0.1, -0.05) is 26.0 Å². The van der Waals surface area contributed by atoms with Gasteiger partial charge in [-0.3, -0.25) is 0 Å². The minimum Gasteiger partial charge on any atom is -0.504 e. The number of benzene rings is 2. The van der Waals surface area contributed by atoms with E-state index in [0.717, 1.165) is 40.7 Å². The van der Waals surface area contributed by atoms with Crippen molar-refractivity contribution >= 4 is 11.6 Å². The van der Waals surface area contributed by atoms with Gasteiger partial charge in [0, 0.05) is 5.56 Å². The minimum absolute atomic E-state index is 0.0263. The van der Waals surface area contributed by atoms with Crippen LogP contribution in [0.15, 0.2) is 24.3 Å². The van der Waals surface area contributed by atoms with E-state index >= 15 is 0 Å². The molecule has 26 heavy (non-hydrogen) atoms. The van der Waals surface area contributed by atoms with Gasteiger partial charge in [0.05, 0.1) is 0 Å². The maximum Gasteiger partial charge on any atom is 0.161 e. The third-order valence-electron chi connectivity index (χ3n) is 5.78. The molecule has 0 fully saturated rings. The predicted octanol–water partition coefficient (Wildman–Crippen LogP) is 4.76. The molecule has 0 aliphatic heterocycles. The number of phenolic OH excluding ortho intramolecular Hbond substituents is 4. The highest BCUT2D eigenvalue weighted by molar-refractivity contribution is 5.90. The molecule has 2 aromatic rings. The Kier molecular flexibility index (Phi) is 3.87. The van der Waals surface area contributed by atoms with E-state index in [4.69, 9.17) is 0 Å². The summed E-state index contributed by atoms with van der Waals surface area (Å²) in [5.74, 6) is 0.741. The second kappa shape index (κ2) is 5.97. The van der Waals surface area contributed by atoms with Gasteiger partial charge in [0.2, 0.25) is 0 Å². The van der Waals surface area contributed by atoms with Crippen LogP contribution in [0.2, 0.25) is 0 Å². The average molecular weight is 352 g/mol. The highest BCUT2D eigenvalue weighted by Gasteiger charge is 2.37. The summed E-state index contributed by atoms with van der Waals surface area (Å²) >= 11 is 0. The lowest BCUT2D eigenvalue weighted by Crippen LogP contribution is -2.25. The normalized spacial score (nSPS) is 21.0. The van der Waals surface area contributed by atoms with Crippen LogP contribution in [0.3, 0.4) is 0 Å². The minimum atomic E-state index is -0.119. The Bertz CT molecular complexity index is 911. The van der Waals surface area contributed by atoms with Crippen LogP contribution in [0.1, 0.15) is 54.9 Å². The molecule has 4 N–H and O–H groups in total. The number of rotatable bonds is 2. The monoisotopic (exact) mass is 352 g/mol. The van der Waals surface area contributed by atoms with E-state index in [1.54, 1.807) is 18.2 Å². The highest BCUT2D eigenvalue weighted by Crippen LogP contribution is 2.53. The molecule has 2 aromatic carbocycles. The van der Waals surface area contributed by atoms with Gasteiger partial charge in [-0.15, -0.1) is 0 Å². The van der Waals surface area contributed by atoms with E-state index in [1.807, 2.05) is 6.07 Å². The Morgan fingerprint density at radius 3 is 2.46 bits per heavy atom. The van der Waals surface area contributed by atoms with Gasteiger partial charge in [-0.25, -0.2) is 0 Å². The van der Waals surface area contributed by atoms with E-state index in [2.05, 4.69) is 19.9 Å². The van der Waals surface area contributed by atoms with Crippen LogP contribution < -0.4 is 0 Å². The molecule has 0 aromatic heterocycles. The molecular formula is C22H24O4. The van der Waals surface area contributed by atoms with Crippen LogP contribution in [0, 0.1) is 11.8 Å². The van der Waals surface area contributed by atoms with Gasteiger partial charge in [0.15, 0.2) is 23.0 Å². The molecule has 0 unspecified atom stereocenters. The molecule has 136 valence electrons. The van der Waals surface area contributed by atoms with Crippen molar-refractivity contribution in [2.45, 2.75) is 39.0 Å². The SMILES string of the molecule is CC(C)C[C@H]1c2cc(O)c(O)cc2C=C2c3ccc(O)c(O)c3CC[C@H]21. The van der Waals surface area contributed by atoms with Crippen molar-refractivity contribution in [1.29, 1.82) is 0 Å². The molecule has 0 saturated heterocycles. The summed E-state index contributed by atoms with van der Waals surface area (Å²) in [7, 11) is 0. The number of fused-ring (bicyclic) bond motifs is 4. The molecule has 2 aliphatic rings. The van der Waals surface area contributed by atoms with Crippen LogP contribution in [0.4, 0.5) is 0 Å². The van der Waals surface area contributed by atoms with Crippen molar-refractivity contribution in [3.8, 4) is 23.0 Å². The molecule has 4 nitrogen and oxygen atoms in total. The first kappa shape index (κ1) is 16.8. The Labute approximate surface area is 153 Å². The molecule has 2 atom stereocenters. The van der Waals surface area contributed by atoms with E-state index in [-0.39, 0.29) is 28.9 Å². The first-order valence-corrected chi connectivity index (χ1v) is 9.18. The lowest BCUT2D eigenvalue weighted by molar-refractivity contribution is 0.376. The summed E-state index contributed by atoms with van der Waals surface area (Å²) in [4.78, 5) is 0. The number of hydrogen-bond donors (Lipinski definition) is 4. The third-order valence-corrected chi connectivity index (χ3v) is 5.78.